The third-order valence-electron chi connectivity index (χ3n) is 3.30. The topological polar surface area (TPSA) is 74.2 Å². The molecule has 6 heteroatoms. The van der Waals surface area contributed by atoms with E-state index in [1.807, 2.05) is 30.3 Å². The Labute approximate surface area is 144 Å². The quantitative estimate of drug-likeness (QED) is 0.476. The maximum Gasteiger partial charge on any atom is 0.363 e. The van der Waals surface area contributed by atoms with Crippen LogP contribution in [0.15, 0.2) is 65.3 Å². The summed E-state index contributed by atoms with van der Waals surface area (Å²) in [4.78, 5) is 27.7. The van der Waals surface area contributed by atoms with E-state index in [9.17, 15) is 9.59 Å². The van der Waals surface area contributed by atoms with E-state index in [0.29, 0.717) is 11.3 Å². The molecule has 0 radical (unpaired) electrons. The van der Waals surface area contributed by atoms with Crippen molar-refractivity contribution in [3.05, 3.63) is 71.4 Å². The number of hydrogen-bond donors (Lipinski definition) is 0. The van der Waals surface area contributed by atoms with E-state index in [0.717, 1.165) is 5.56 Å². The van der Waals surface area contributed by atoms with E-state index in [-0.39, 0.29) is 18.2 Å². The van der Waals surface area contributed by atoms with Gasteiger partial charge in [-0.15, -0.1) is 0 Å². The van der Waals surface area contributed by atoms with Crippen molar-refractivity contribution in [3.63, 3.8) is 0 Å². The van der Waals surface area contributed by atoms with Crippen LogP contribution in [-0.2, 0) is 19.1 Å². The zero-order valence-electron chi connectivity index (χ0n) is 13.5. The van der Waals surface area contributed by atoms with Gasteiger partial charge in [0, 0.05) is 12.7 Å². The molecular weight excluding hydrogens is 322 g/mol. The molecule has 0 aliphatic carbocycles. The number of nitrogens with zero attached hydrogens (tertiary/aromatic N) is 1. The van der Waals surface area contributed by atoms with Gasteiger partial charge in [-0.25, -0.2) is 14.6 Å². The molecule has 3 rings (SSSR count). The van der Waals surface area contributed by atoms with E-state index in [1.165, 1.54) is 7.11 Å². The van der Waals surface area contributed by atoms with Gasteiger partial charge in [0.1, 0.15) is 12.4 Å². The number of ether oxygens (including phenoxy) is 3. The summed E-state index contributed by atoms with van der Waals surface area (Å²) >= 11 is 0. The Bertz CT molecular complexity index is 855. The summed E-state index contributed by atoms with van der Waals surface area (Å²) in [5.74, 6) is -0.410. The van der Waals surface area contributed by atoms with Crippen LogP contribution in [0.5, 0.6) is 5.75 Å². The fourth-order valence-corrected chi connectivity index (χ4v) is 2.22. The second kappa shape index (κ2) is 7.55. The lowest BCUT2D eigenvalue weighted by atomic mass is 10.2. The van der Waals surface area contributed by atoms with Crippen molar-refractivity contribution in [3.8, 4) is 5.75 Å². The van der Waals surface area contributed by atoms with Crippen LogP contribution < -0.4 is 4.74 Å². The van der Waals surface area contributed by atoms with Crippen LogP contribution in [-0.4, -0.2) is 31.6 Å². The van der Waals surface area contributed by atoms with E-state index >= 15 is 0 Å². The van der Waals surface area contributed by atoms with Gasteiger partial charge in [0.25, 0.3) is 0 Å². The number of esters is 2. The molecule has 0 atom stereocenters. The SMILES string of the molecule is COCC(=O)Oc1cccc(/C=C2\N=C(c3ccccc3)OC2=O)c1. The number of methoxy groups -OCH3 is 1. The molecule has 1 aliphatic heterocycles. The van der Waals surface area contributed by atoms with Gasteiger partial charge in [0.05, 0.1) is 0 Å². The van der Waals surface area contributed by atoms with Crippen molar-refractivity contribution < 1.29 is 23.8 Å². The zero-order chi connectivity index (χ0) is 17.6. The Balaban J connectivity index is 1.82. The van der Waals surface area contributed by atoms with Crippen LogP contribution in [0.25, 0.3) is 6.08 Å². The van der Waals surface area contributed by atoms with Crippen molar-refractivity contribution in [2.45, 2.75) is 0 Å². The first kappa shape index (κ1) is 16.6. The van der Waals surface area contributed by atoms with Gasteiger partial charge in [-0.2, -0.15) is 0 Å². The van der Waals surface area contributed by atoms with Gasteiger partial charge in [-0.1, -0.05) is 30.3 Å². The molecule has 0 unspecified atom stereocenters. The Morgan fingerprint density at radius 2 is 1.96 bits per heavy atom. The van der Waals surface area contributed by atoms with Crippen molar-refractivity contribution in [2.75, 3.05) is 13.7 Å². The van der Waals surface area contributed by atoms with Gasteiger partial charge < -0.3 is 14.2 Å². The number of benzene rings is 2. The molecule has 0 amide bonds. The predicted molar refractivity (Wildman–Crippen MR) is 91.0 cm³/mol. The lowest BCUT2D eigenvalue weighted by molar-refractivity contribution is -0.138. The number of carbonyl (C=O) groups is 2. The summed E-state index contributed by atoms with van der Waals surface area (Å²) < 4.78 is 15.0. The van der Waals surface area contributed by atoms with Crippen LogP contribution in [0.1, 0.15) is 11.1 Å². The highest BCUT2D eigenvalue weighted by Crippen LogP contribution is 2.21. The molecule has 1 heterocycles. The van der Waals surface area contributed by atoms with Crippen LogP contribution in [0.4, 0.5) is 0 Å². The lowest BCUT2D eigenvalue weighted by Gasteiger charge is -2.04. The Hall–Kier alpha value is -3.25. The molecule has 25 heavy (non-hydrogen) atoms. The fourth-order valence-electron chi connectivity index (χ4n) is 2.22. The normalized spacial score (nSPS) is 15.0. The maximum absolute atomic E-state index is 12.0. The summed E-state index contributed by atoms with van der Waals surface area (Å²) in [6, 6.07) is 15.9. The predicted octanol–water partition coefficient (Wildman–Crippen LogP) is 2.58. The van der Waals surface area contributed by atoms with Crippen LogP contribution in [0.2, 0.25) is 0 Å². The molecule has 0 N–H and O–H groups in total. The van der Waals surface area contributed by atoms with Gasteiger partial charge >= 0.3 is 11.9 Å². The molecule has 2 aromatic rings. The molecule has 6 nitrogen and oxygen atoms in total. The third-order valence-corrected chi connectivity index (χ3v) is 3.30. The number of cyclic esters (lactones) is 1. The van der Waals surface area contributed by atoms with Crippen LogP contribution >= 0.6 is 0 Å². The van der Waals surface area contributed by atoms with Crippen molar-refractivity contribution in [1.29, 1.82) is 0 Å². The highest BCUT2D eigenvalue weighted by atomic mass is 16.6. The second-order valence-corrected chi connectivity index (χ2v) is 5.18. The van der Waals surface area contributed by atoms with Gasteiger partial charge in [0.15, 0.2) is 5.70 Å². The molecule has 0 saturated heterocycles. The first-order chi connectivity index (χ1) is 12.2. The smallest absolute Gasteiger partial charge is 0.363 e. The molecule has 0 bridgehead atoms. The van der Waals surface area contributed by atoms with Crippen molar-refractivity contribution in [1.82, 2.24) is 0 Å². The Kier molecular flexibility index (Phi) is 5.01. The number of aliphatic imine (C=N–C) groups is 1. The lowest BCUT2D eigenvalue weighted by Crippen LogP contribution is -2.14. The third kappa shape index (κ3) is 4.19. The summed E-state index contributed by atoms with van der Waals surface area (Å²) in [6.07, 6.45) is 1.58. The van der Waals surface area contributed by atoms with E-state index in [4.69, 9.17) is 14.2 Å². The molecule has 0 saturated carbocycles. The monoisotopic (exact) mass is 337 g/mol. The first-order valence-corrected chi connectivity index (χ1v) is 7.53. The zero-order valence-corrected chi connectivity index (χ0v) is 13.5. The fraction of sp³-hybridized carbons (Fsp3) is 0.105. The molecule has 0 aromatic heterocycles. The summed E-state index contributed by atoms with van der Waals surface area (Å²) in [6.45, 7) is -0.137. The van der Waals surface area contributed by atoms with Crippen LogP contribution in [0, 0.1) is 0 Å². The molecule has 2 aromatic carbocycles. The second-order valence-electron chi connectivity index (χ2n) is 5.18. The summed E-state index contributed by atoms with van der Waals surface area (Å²) in [7, 11) is 1.41. The van der Waals surface area contributed by atoms with Gasteiger partial charge in [-0.3, -0.25) is 0 Å². The summed E-state index contributed by atoms with van der Waals surface area (Å²) in [5, 5.41) is 0. The largest absolute Gasteiger partial charge is 0.425 e. The molecular formula is C19H15NO5. The Morgan fingerprint density at radius 3 is 2.72 bits per heavy atom. The maximum atomic E-state index is 12.0. The molecule has 0 spiro atoms. The highest BCUT2D eigenvalue weighted by molar-refractivity contribution is 6.12. The average Bonchev–Trinajstić information content (AvgIpc) is 2.97. The number of rotatable bonds is 5. The standard InChI is InChI=1S/C19H15NO5/c1-23-12-17(21)24-15-9-5-6-13(10-15)11-16-19(22)25-18(20-16)14-7-3-2-4-8-14/h2-11H,12H2,1H3/b16-11-. The van der Waals surface area contributed by atoms with Gasteiger partial charge in [0.2, 0.25) is 5.90 Å². The Morgan fingerprint density at radius 1 is 1.16 bits per heavy atom. The molecule has 0 fully saturated rings. The number of hydrogen-bond acceptors (Lipinski definition) is 6. The highest BCUT2D eigenvalue weighted by Gasteiger charge is 2.23. The van der Waals surface area contributed by atoms with Gasteiger partial charge in [-0.05, 0) is 35.9 Å². The van der Waals surface area contributed by atoms with E-state index in [2.05, 4.69) is 4.99 Å². The van der Waals surface area contributed by atoms with E-state index < -0.39 is 11.9 Å². The molecule has 126 valence electrons. The average molecular weight is 337 g/mol. The first-order valence-electron chi connectivity index (χ1n) is 7.53. The van der Waals surface area contributed by atoms with Crippen LogP contribution in [0.3, 0.4) is 0 Å². The number of carbonyl (C=O) groups excluding carboxylic acids is 2. The molecule has 1 aliphatic rings. The van der Waals surface area contributed by atoms with Crippen molar-refractivity contribution >= 4 is 23.9 Å². The van der Waals surface area contributed by atoms with E-state index in [1.54, 1.807) is 30.3 Å². The summed E-state index contributed by atoms with van der Waals surface area (Å²) in [5.41, 5.74) is 1.56. The minimum Gasteiger partial charge on any atom is -0.425 e. The minimum absolute atomic E-state index is 0.137. The van der Waals surface area contributed by atoms with Crippen molar-refractivity contribution in [2.24, 2.45) is 4.99 Å². The minimum atomic E-state index is -0.527.